The molecule has 0 saturated heterocycles. The number of benzene rings is 1. The molecule has 2 heterocycles. The maximum Gasteiger partial charge on any atom is 0.270 e. The summed E-state index contributed by atoms with van der Waals surface area (Å²) in [6.07, 6.45) is 6.86. The number of nitrogens with zero attached hydrogens (tertiary/aromatic N) is 1. The molecule has 1 amide bonds. The minimum atomic E-state index is -0.388. The van der Waals surface area contributed by atoms with E-state index in [9.17, 15) is 14.7 Å². The van der Waals surface area contributed by atoms with Gasteiger partial charge in [-0.3, -0.25) is 19.4 Å². The second kappa shape index (κ2) is 7.13. The summed E-state index contributed by atoms with van der Waals surface area (Å²) >= 11 is 0. The topological polar surface area (TPSA) is 96.4 Å². The zero-order chi connectivity index (χ0) is 19.0. The monoisotopic (exact) mass is 371 g/mol. The Morgan fingerprint density at radius 1 is 1.15 bits per heavy atom. The second-order valence-corrected chi connectivity index (χ2v) is 7.45. The Labute approximate surface area is 157 Å². The Morgan fingerprint density at radius 2 is 1.89 bits per heavy atom. The lowest BCUT2D eigenvalue weighted by Crippen LogP contribution is -2.27. The van der Waals surface area contributed by atoms with Gasteiger partial charge in [-0.25, -0.2) is 0 Å². The van der Waals surface area contributed by atoms with E-state index < -0.39 is 0 Å². The van der Waals surface area contributed by atoms with Crippen LogP contribution in [-0.2, 0) is 4.79 Å². The number of carbonyl (C=O) groups excluding carboxylic acids is 1. The molecule has 144 valence electrons. The fourth-order valence-corrected chi connectivity index (χ4v) is 4.38. The average Bonchev–Trinajstić information content (AvgIpc) is 2.84. The lowest BCUT2D eigenvalue weighted by Gasteiger charge is -2.26. The van der Waals surface area contributed by atoms with E-state index in [1.165, 1.54) is 20.0 Å². The van der Waals surface area contributed by atoms with Crippen LogP contribution in [0.1, 0.15) is 68.0 Å². The number of aromatic amines is 1. The van der Waals surface area contributed by atoms with Crippen molar-refractivity contribution in [3.63, 3.8) is 0 Å². The number of nitrogens with one attached hydrogen (secondary N) is 2. The van der Waals surface area contributed by atoms with Crippen LogP contribution in [0.3, 0.4) is 0 Å². The Morgan fingerprint density at radius 3 is 2.56 bits per heavy atom. The number of fused-ring (bicyclic) bond motifs is 1. The average molecular weight is 371 g/mol. The van der Waals surface area contributed by atoms with E-state index in [-0.39, 0.29) is 35.6 Å². The first-order chi connectivity index (χ1) is 13.1. The van der Waals surface area contributed by atoms with Gasteiger partial charge in [-0.1, -0.05) is 31.7 Å². The van der Waals surface area contributed by atoms with Gasteiger partial charge in [0.25, 0.3) is 5.56 Å². The molecule has 1 fully saturated rings. The lowest BCUT2D eigenvalue weighted by molar-refractivity contribution is -0.116. The third kappa shape index (κ3) is 3.22. The number of phenolic OH excluding ortho intramolecular Hbond substituents is 1. The van der Waals surface area contributed by atoms with Crippen molar-refractivity contribution in [1.82, 2.24) is 9.78 Å². The Kier molecular flexibility index (Phi) is 4.68. The number of phenols is 1. The molecule has 27 heavy (non-hydrogen) atoms. The Balaban J connectivity index is 1.77. The molecule has 7 nitrogen and oxygen atoms in total. The van der Waals surface area contributed by atoms with E-state index in [4.69, 9.17) is 4.74 Å². The third-order valence-electron chi connectivity index (χ3n) is 5.75. The van der Waals surface area contributed by atoms with Crippen molar-refractivity contribution < 1.29 is 14.6 Å². The van der Waals surface area contributed by atoms with Crippen molar-refractivity contribution in [2.24, 2.45) is 0 Å². The smallest absolute Gasteiger partial charge is 0.270 e. The fourth-order valence-electron chi connectivity index (χ4n) is 4.38. The predicted molar refractivity (Wildman–Crippen MR) is 102 cm³/mol. The van der Waals surface area contributed by atoms with Gasteiger partial charge in [0.1, 0.15) is 5.82 Å². The number of ether oxygens (including phenoxy) is 1. The molecule has 2 aliphatic rings. The summed E-state index contributed by atoms with van der Waals surface area (Å²) in [5, 5.41) is 16.0. The number of methoxy groups -OCH3 is 1. The van der Waals surface area contributed by atoms with Crippen molar-refractivity contribution in [3.8, 4) is 11.5 Å². The van der Waals surface area contributed by atoms with E-state index in [2.05, 4.69) is 10.4 Å². The molecule has 4 rings (SSSR count). The Hall–Kier alpha value is -2.70. The summed E-state index contributed by atoms with van der Waals surface area (Å²) < 4.78 is 6.97. The Bertz CT molecular complexity index is 906. The van der Waals surface area contributed by atoms with Gasteiger partial charge in [-0.05, 0) is 30.5 Å². The van der Waals surface area contributed by atoms with Crippen molar-refractivity contribution in [2.45, 2.75) is 56.9 Å². The van der Waals surface area contributed by atoms with Gasteiger partial charge in [-0.15, -0.1) is 0 Å². The molecule has 1 aromatic heterocycles. The molecule has 1 atom stereocenters. The molecule has 7 heteroatoms. The van der Waals surface area contributed by atoms with E-state index >= 15 is 0 Å². The molecule has 0 radical (unpaired) electrons. The van der Waals surface area contributed by atoms with E-state index in [0.29, 0.717) is 17.1 Å². The van der Waals surface area contributed by atoms with Gasteiger partial charge < -0.3 is 15.2 Å². The number of hydrogen-bond donors (Lipinski definition) is 3. The number of amides is 1. The minimum absolute atomic E-state index is 0.00200. The number of aromatic nitrogens is 2. The zero-order valence-corrected chi connectivity index (χ0v) is 15.5. The molecule has 2 aromatic rings. The predicted octanol–water partition coefficient (Wildman–Crippen LogP) is 3.26. The van der Waals surface area contributed by atoms with Crippen LogP contribution in [0.25, 0.3) is 0 Å². The number of carbonyl (C=O) groups is 1. The zero-order valence-electron chi connectivity index (χ0n) is 15.5. The third-order valence-corrected chi connectivity index (χ3v) is 5.75. The van der Waals surface area contributed by atoms with Crippen LogP contribution < -0.4 is 15.6 Å². The lowest BCUT2D eigenvalue weighted by atomic mass is 9.87. The summed E-state index contributed by atoms with van der Waals surface area (Å²) in [6.45, 7) is 0. The van der Waals surface area contributed by atoms with Gasteiger partial charge in [0.15, 0.2) is 11.5 Å². The van der Waals surface area contributed by atoms with Gasteiger partial charge in [0.05, 0.1) is 18.7 Å². The highest BCUT2D eigenvalue weighted by Gasteiger charge is 2.34. The van der Waals surface area contributed by atoms with E-state index in [0.717, 1.165) is 31.2 Å². The molecule has 0 bridgehead atoms. The summed E-state index contributed by atoms with van der Waals surface area (Å²) in [5.74, 6) is 0.445. The molecule has 1 aromatic carbocycles. The van der Waals surface area contributed by atoms with Crippen LogP contribution >= 0.6 is 0 Å². The number of hydrogen-bond acceptors (Lipinski definition) is 4. The maximum absolute atomic E-state index is 12.8. The van der Waals surface area contributed by atoms with Crippen molar-refractivity contribution in [2.75, 3.05) is 12.4 Å². The van der Waals surface area contributed by atoms with Gasteiger partial charge in [-0.2, -0.15) is 0 Å². The molecule has 1 unspecified atom stereocenters. The van der Waals surface area contributed by atoms with Crippen LogP contribution in [-0.4, -0.2) is 27.9 Å². The number of H-pyrrole nitrogens is 1. The molecule has 0 spiro atoms. The number of aromatic hydroxyl groups is 1. The number of anilines is 1. The molecule has 1 aliphatic heterocycles. The fraction of sp³-hybridized carbons (Fsp3) is 0.500. The van der Waals surface area contributed by atoms with Crippen molar-refractivity contribution in [1.29, 1.82) is 0 Å². The summed E-state index contributed by atoms with van der Waals surface area (Å²) in [6, 6.07) is 5.24. The highest BCUT2D eigenvalue weighted by Crippen LogP contribution is 2.40. The first-order valence-electron chi connectivity index (χ1n) is 9.59. The quantitative estimate of drug-likeness (QED) is 0.722. The summed E-state index contributed by atoms with van der Waals surface area (Å²) in [7, 11) is 1.48. The molecular weight excluding hydrogens is 346 g/mol. The SMILES string of the molecule is COc1ccc(C2CC(=O)Nc3c2c(=O)[nH]n3C2CCCCCC2)cc1O. The first-order valence-corrected chi connectivity index (χ1v) is 9.59. The minimum Gasteiger partial charge on any atom is -0.504 e. The van der Waals surface area contributed by atoms with E-state index in [1.54, 1.807) is 18.2 Å². The van der Waals surface area contributed by atoms with Gasteiger partial charge >= 0.3 is 0 Å². The first kappa shape index (κ1) is 17.7. The molecular formula is C20H25N3O4. The largest absolute Gasteiger partial charge is 0.504 e. The van der Waals surface area contributed by atoms with Crippen molar-refractivity contribution >= 4 is 11.7 Å². The standard InChI is InChI=1S/C20H25N3O4/c1-27-16-9-8-12(10-15(16)24)14-11-17(25)21-19-18(14)20(26)22-23(19)13-6-4-2-3-5-7-13/h8-10,13-14,24H,2-7,11H2,1H3,(H,21,25)(H,22,26). The van der Waals surface area contributed by atoms with Crippen molar-refractivity contribution in [3.05, 3.63) is 39.7 Å². The van der Waals surface area contributed by atoms with Gasteiger partial charge in [0.2, 0.25) is 5.91 Å². The van der Waals surface area contributed by atoms with Crippen LogP contribution in [0.15, 0.2) is 23.0 Å². The molecule has 1 aliphatic carbocycles. The molecule has 1 saturated carbocycles. The highest BCUT2D eigenvalue weighted by molar-refractivity contribution is 5.94. The maximum atomic E-state index is 12.8. The second-order valence-electron chi connectivity index (χ2n) is 7.45. The number of rotatable bonds is 3. The van der Waals surface area contributed by atoms with Crippen LogP contribution in [0, 0.1) is 0 Å². The summed E-state index contributed by atoms with van der Waals surface area (Å²) in [4.78, 5) is 25.2. The van der Waals surface area contributed by atoms with Crippen LogP contribution in [0.4, 0.5) is 5.82 Å². The van der Waals surface area contributed by atoms with E-state index in [1.807, 2.05) is 4.68 Å². The van der Waals surface area contributed by atoms with Gasteiger partial charge in [0, 0.05) is 12.3 Å². The highest BCUT2D eigenvalue weighted by atomic mass is 16.5. The van der Waals surface area contributed by atoms with Crippen LogP contribution in [0.5, 0.6) is 11.5 Å². The summed E-state index contributed by atoms with van der Waals surface area (Å²) in [5.41, 5.74) is 1.13. The van der Waals surface area contributed by atoms with Crippen LogP contribution in [0.2, 0.25) is 0 Å². The normalized spacial score (nSPS) is 20.6. The molecule has 3 N–H and O–H groups in total.